The van der Waals surface area contributed by atoms with Crippen molar-refractivity contribution in [3.63, 3.8) is 0 Å². The maximum atomic E-state index is 13.3. The zero-order valence-corrected chi connectivity index (χ0v) is 17.1. The maximum absolute atomic E-state index is 13.3. The van der Waals surface area contributed by atoms with Crippen LogP contribution in [0.25, 0.3) is 0 Å². The lowest BCUT2D eigenvalue weighted by atomic mass is 10.1. The summed E-state index contributed by atoms with van der Waals surface area (Å²) in [5.74, 6) is -1.71. The van der Waals surface area contributed by atoms with Crippen molar-refractivity contribution < 1.29 is 35.9 Å². The van der Waals surface area contributed by atoms with E-state index < -0.39 is 36.2 Å². The van der Waals surface area contributed by atoms with Crippen molar-refractivity contribution in [1.29, 1.82) is 0 Å². The predicted molar refractivity (Wildman–Crippen MR) is 110 cm³/mol. The van der Waals surface area contributed by atoms with Crippen molar-refractivity contribution in [2.75, 3.05) is 17.2 Å². The van der Waals surface area contributed by atoms with Gasteiger partial charge in [0.25, 0.3) is 5.91 Å². The largest absolute Gasteiger partial charge is 0.483 e. The molecule has 0 aliphatic carbocycles. The van der Waals surface area contributed by atoms with Gasteiger partial charge in [-0.25, -0.2) is 4.98 Å². The molecule has 1 aromatic carbocycles. The Kier molecular flexibility index (Phi) is 7.13. The van der Waals surface area contributed by atoms with Gasteiger partial charge in [0.1, 0.15) is 11.6 Å². The molecule has 0 atom stereocenters. The number of benzene rings is 1. The molecular formula is C21H16F6N4O3. The number of rotatable bonds is 7. The quantitative estimate of drug-likeness (QED) is 0.425. The summed E-state index contributed by atoms with van der Waals surface area (Å²) in [6.45, 7) is -1.72. The van der Waals surface area contributed by atoms with Gasteiger partial charge in [-0.3, -0.25) is 9.59 Å². The molecule has 34 heavy (non-hydrogen) atoms. The molecular weight excluding hydrogens is 470 g/mol. The van der Waals surface area contributed by atoms with Crippen LogP contribution >= 0.6 is 0 Å². The van der Waals surface area contributed by atoms with Crippen LogP contribution in [-0.2, 0) is 12.7 Å². The van der Waals surface area contributed by atoms with Crippen molar-refractivity contribution >= 4 is 17.4 Å². The Balaban J connectivity index is 1.78. The molecule has 13 heteroatoms. The molecule has 3 rings (SSSR count). The lowest BCUT2D eigenvalue weighted by Gasteiger charge is -2.17. The van der Waals surface area contributed by atoms with E-state index in [9.17, 15) is 35.9 Å². The average molecular weight is 486 g/mol. The Bertz CT molecular complexity index is 1200. The van der Waals surface area contributed by atoms with Gasteiger partial charge >= 0.3 is 12.4 Å². The summed E-state index contributed by atoms with van der Waals surface area (Å²) >= 11 is 0. The number of aromatic nitrogens is 2. The first-order valence-corrected chi connectivity index (χ1v) is 9.51. The standard InChI is InChI=1S/C21H16F6N4O3/c22-20(23,24)11-34-16-5-4-13(8-15(16)21(25,26)27)31-19(33)14-2-1-7-28-18(14)30-10-12-3-6-17(32)29-9-12/h1-9H,10-11H2,(H,28,30)(H,29,32)(H,31,33). The van der Waals surface area contributed by atoms with Crippen LogP contribution < -0.4 is 20.9 Å². The molecule has 7 nitrogen and oxygen atoms in total. The Hall–Kier alpha value is -4.03. The predicted octanol–water partition coefficient (Wildman–Crippen LogP) is 4.59. The SMILES string of the molecule is O=C(Nc1ccc(OCC(F)(F)F)c(C(F)(F)F)c1)c1cccnc1NCc1ccc(=O)[nH]c1. The number of carbonyl (C=O) groups is 1. The van der Waals surface area contributed by atoms with Gasteiger partial charge in [-0.15, -0.1) is 0 Å². The number of ether oxygens (including phenoxy) is 1. The normalized spacial score (nSPS) is 11.7. The second kappa shape index (κ2) is 9.85. The number of pyridine rings is 2. The molecule has 2 heterocycles. The number of carbonyl (C=O) groups excluding carboxylic acids is 1. The second-order valence-corrected chi connectivity index (χ2v) is 6.88. The first kappa shape index (κ1) is 24.6. The average Bonchev–Trinajstić information content (AvgIpc) is 2.77. The number of nitrogens with zero attached hydrogens (tertiary/aromatic N) is 1. The molecule has 0 spiro atoms. The number of alkyl halides is 6. The van der Waals surface area contributed by atoms with Gasteiger partial charge < -0.3 is 20.4 Å². The van der Waals surface area contributed by atoms with Crippen LogP contribution in [0.15, 0.2) is 59.7 Å². The van der Waals surface area contributed by atoms with Crippen LogP contribution in [0.2, 0.25) is 0 Å². The minimum Gasteiger partial charge on any atom is -0.483 e. The fourth-order valence-corrected chi connectivity index (χ4v) is 2.78. The third kappa shape index (κ3) is 6.73. The van der Waals surface area contributed by atoms with E-state index >= 15 is 0 Å². The Morgan fingerprint density at radius 2 is 1.82 bits per heavy atom. The van der Waals surface area contributed by atoms with E-state index in [1.165, 1.54) is 30.6 Å². The number of hydrogen-bond acceptors (Lipinski definition) is 5. The Morgan fingerprint density at radius 3 is 2.47 bits per heavy atom. The van der Waals surface area contributed by atoms with Crippen LogP contribution in [0.4, 0.5) is 37.8 Å². The van der Waals surface area contributed by atoms with E-state index in [1.54, 1.807) is 6.07 Å². The Morgan fingerprint density at radius 1 is 1.06 bits per heavy atom. The van der Waals surface area contributed by atoms with Crippen LogP contribution in [0.3, 0.4) is 0 Å². The summed E-state index contributed by atoms with van der Waals surface area (Å²) < 4.78 is 81.3. The van der Waals surface area contributed by atoms with E-state index in [4.69, 9.17) is 0 Å². The highest BCUT2D eigenvalue weighted by Crippen LogP contribution is 2.38. The summed E-state index contributed by atoms with van der Waals surface area (Å²) in [4.78, 5) is 30.4. The molecule has 0 bridgehead atoms. The first-order valence-electron chi connectivity index (χ1n) is 9.51. The van der Waals surface area contributed by atoms with E-state index in [-0.39, 0.29) is 29.2 Å². The molecule has 180 valence electrons. The van der Waals surface area contributed by atoms with Gasteiger partial charge in [0, 0.05) is 30.7 Å². The highest BCUT2D eigenvalue weighted by atomic mass is 19.4. The smallest absolute Gasteiger partial charge is 0.422 e. The summed E-state index contributed by atoms with van der Waals surface area (Å²) in [7, 11) is 0. The molecule has 0 saturated heterocycles. The first-order chi connectivity index (χ1) is 15.9. The van der Waals surface area contributed by atoms with Crippen molar-refractivity contribution in [3.8, 4) is 5.75 Å². The molecule has 1 amide bonds. The lowest BCUT2D eigenvalue weighted by Crippen LogP contribution is -2.21. The monoisotopic (exact) mass is 486 g/mol. The number of nitrogens with one attached hydrogen (secondary N) is 3. The fraction of sp³-hybridized carbons (Fsp3) is 0.190. The number of anilines is 2. The van der Waals surface area contributed by atoms with Gasteiger partial charge in [0.15, 0.2) is 6.61 Å². The van der Waals surface area contributed by atoms with Crippen LogP contribution in [-0.4, -0.2) is 28.7 Å². The van der Waals surface area contributed by atoms with Crippen molar-refractivity contribution in [1.82, 2.24) is 9.97 Å². The maximum Gasteiger partial charge on any atom is 0.422 e. The molecule has 0 fully saturated rings. The molecule has 0 aliphatic rings. The van der Waals surface area contributed by atoms with Crippen LogP contribution in [0.5, 0.6) is 5.75 Å². The number of halogens is 6. The third-order valence-corrected chi connectivity index (χ3v) is 4.30. The van der Waals surface area contributed by atoms with E-state index in [0.29, 0.717) is 17.7 Å². The molecule has 0 unspecified atom stereocenters. The number of aromatic amines is 1. The number of hydrogen-bond donors (Lipinski definition) is 3. The number of H-pyrrole nitrogens is 1. The van der Waals surface area contributed by atoms with Crippen molar-refractivity contribution in [2.45, 2.75) is 18.9 Å². The van der Waals surface area contributed by atoms with Crippen LogP contribution in [0.1, 0.15) is 21.5 Å². The topological polar surface area (TPSA) is 96.1 Å². The third-order valence-electron chi connectivity index (χ3n) is 4.30. The molecule has 0 saturated carbocycles. The summed E-state index contributed by atoms with van der Waals surface area (Å²) in [5, 5.41) is 5.16. The van der Waals surface area contributed by atoms with Gasteiger partial charge in [-0.05, 0) is 35.9 Å². The molecule has 3 N–H and O–H groups in total. The van der Waals surface area contributed by atoms with E-state index in [0.717, 1.165) is 6.07 Å². The molecule has 0 aliphatic heterocycles. The minimum absolute atomic E-state index is 0.00196. The van der Waals surface area contributed by atoms with Gasteiger partial charge in [-0.1, -0.05) is 6.07 Å². The Labute approximate surface area is 187 Å². The van der Waals surface area contributed by atoms with Crippen molar-refractivity contribution in [2.24, 2.45) is 0 Å². The summed E-state index contributed by atoms with van der Waals surface area (Å²) in [6, 6.07) is 7.84. The summed E-state index contributed by atoms with van der Waals surface area (Å²) in [6.07, 6.45) is -7.01. The summed E-state index contributed by atoms with van der Waals surface area (Å²) in [5.41, 5.74) is -1.42. The van der Waals surface area contributed by atoms with Gasteiger partial charge in [-0.2, -0.15) is 26.3 Å². The molecule has 0 radical (unpaired) electrons. The fourth-order valence-electron chi connectivity index (χ4n) is 2.78. The van der Waals surface area contributed by atoms with Crippen molar-refractivity contribution in [3.05, 3.63) is 81.9 Å². The van der Waals surface area contributed by atoms with E-state index in [1.807, 2.05) is 0 Å². The van der Waals surface area contributed by atoms with E-state index in [2.05, 4.69) is 25.3 Å². The molecule has 2 aromatic heterocycles. The highest BCUT2D eigenvalue weighted by molar-refractivity contribution is 6.07. The van der Waals surface area contributed by atoms with Gasteiger partial charge in [0.2, 0.25) is 5.56 Å². The zero-order valence-electron chi connectivity index (χ0n) is 17.1. The zero-order chi connectivity index (χ0) is 24.9. The minimum atomic E-state index is -5.03. The lowest BCUT2D eigenvalue weighted by molar-refractivity contribution is -0.158. The van der Waals surface area contributed by atoms with Crippen LogP contribution in [0, 0.1) is 0 Å². The second-order valence-electron chi connectivity index (χ2n) is 6.88. The highest BCUT2D eigenvalue weighted by Gasteiger charge is 2.36. The van der Waals surface area contributed by atoms with Gasteiger partial charge in [0.05, 0.1) is 11.1 Å². The molecule has 3 aromatic rings. The number of amides is 1.